The van der Waals surface area contributed by atoms with Crippen molar-refractivity contribution < 1.29 is 4.79 Å². The van der Waals surface area contributed by atoms with Gasteiger partial charge >= 0.3 is 0 Å². The van der Waals surface area contributed by atoms with Crippen molar-refractivity contribution in [1.29, 1.82) is 0 Å². The van der Waals surface area contributed by atoms with Crippen LogP contribution in [0.5, 0.6) is 0 Å². The highest BCUT2D eigenvalue weighted by Gasteiger charge is 2.30. The first-order valence-electron chi connectivity index (χ1n) is 5.12. The normalized spacial score (nSPS) is 18.2. The molecular formula is C12H10INOS2. The number of benzene rings is 1. The smallest absolute Gasteiger partial charge is 0.266 e. The third-order valence-electron chi connectivity index (χ3n) is 2.36. The lowest BCUT2D eigenvalue weighted by atomic mass is 10.2. The Morgan fingerprint density at radius 3 is 2.59 bits per heavy atom. The zero-order chi connectivity index (χ0) is 12.4. The van der Waals surface area contributed by atoms with E-state index in [1.165, 1.54) is 15.3 Å². The van der Waals surface area contributed by atoms with Gasteiger partial charge in [0.05, 0.1) is 4.91 Å². The lowest BCUT2D eigenvalue weighted by molar-refractivity contribution is -0.121. The minimum Gasteiger partial charge on any atom is -0.293 e. The van der Waals surface area contributed by atoms with Gasteiger partial charge in [-0.2, -0.15) is 0 Å². The Morgan fingerprint density at radius 2 is 2.06 bits per heavy atom. The molecule has 0 aromatic heterocycles. The summed E-state index contributed by atoms with van der Waals surface area (Å²) in [6.45, 7) is 2.56. The molecule has 1 saturated heterocycles. The van der Waals surface area contributed by atoms with Crippen LogP contribution in [0.15, 0.2) is 29.2 Å². The summed E-state index contributed by atoms with van der Waals surface area (Å²) >= 11 is 8.79. The molecule has 2 rings (SSSR count). The standard InChI is InChI=1S/C12H10INOS2/c1-2-14-11(15)10(17-12(14)16)7-8-3-5-9(13)6-4-8/h3-7H,2H2,1H3/b10-7-. The third-order valence-corrected chi connectivity index (χ3v) is 4.45. The highest BCUT2D eigenvalue weighted by atomic mass is 127. The average molecular weight is 375 g/mol. The van der Waals surface area contributed by atoms with E-state index in [0.717, 1.165) is 5.56 Å². The number of amides is 1. The first-order valence-corrected chi connectivity index (χ1v) is 7.43. The molecule has 1 aliphatic rings. The topological polar surface area (TPSA) is 20.3 Å². The Morgan fingerprint density at radius 1 is 1.41 bits per heavy atom. The highest BCUT2D eigenvalue weighted by Crippen LogP contribution is 2.32. The van der Waals surface area contributed by atoms with E-state index in [1.807, 2.05) is 37.3 Å². The molecule has 1 heterocycles. The van der Waals surface area contributed by atoms with Gasteiger partial charge in [0.25, 0.3) is 5.91 Å². The molecule has 0 bridgehead atoms. The number of rotatable bonds is 2. The molecule has 0 spiro atoms. The molecule has 1 aliphatic heterocycles. The maximum absolute atomic E-state index is 12.0. The number of hydrogen-bond donors (Lipinski definition) is 0. The van der Waals surface area contributed by atoms with Crippen LogP contribution in [0, 0.1) is 3.57 Å². The maximum Gasteiger partial charge on any atom is 0.266 e. The number of hydrogen-bond acceptors (Lipinski definition) is 3. The van der Waals surface area contributed by atoms with Crippen LogP contribution in [0.3, 0.4) is 0 Å². The maximum atomic E-state index is 12.0. The molecule has 1 aromatic carbocycles. The van der Waals surface area contributed by atoms with Crippen molar-refractivity contribution in [2.24, 2.45) is 0 Å². The van der Waals surface area contributed by atoms with Gasteiger partial charge in [-0.25, -0.2) is 0 Å². The van der Waals surface area contributed by atoms with E-state index in [0.29, 0.717) is 15.8 Å². The molecule has 0 unspecified atom stereocenters. The molecular weight excluding hydrogens is 365 g/mol. The van der Waals surface area contributed by atoms with Crippen molar-refractivity contribution in [1.82, 2.24) is 4.90 Å². The monoisotopic (exact) mass is 375 g/mol. The molecule has 2 nitrogen and oxygen atoms in total. The summed E-state index contributed by atoms with van der Waals surface area (Å²) in [7, 11) is 0. The summed E-state index contributed by atoms with van der Waals surface area (Å²) < 4.78 is 1.83. The van der Waals surface area contributed by atoms with E-state index in [9.17, 15) is 4.79 Å². The van der Waals surface area contributed by atoms with Gasteiger partial charge in [-0.15, -0.1) is 0 Å². The molecule has 5 heteroatoms. The SMILES string of the molecule is CCN1C(=O)/C(=C/c2ccc(I)cc2)SC1=S. The fraction of sp³-hybridized carbons (Fsp3) is 0.167. The van der Waals surface area contributed by atoms with Gasteiger partial charge in [0, 0.05) is 10.1 Å². The second-order valence-corrected chi connectivity index (χ2v) is 6.40. The van der Waals surface area contributed by atoms with Gasteiger partial charge in [0.15, 0.2) is 0 Å². The minimum atomic E-state index is 0.0149. The summed E-state index contributed by atoms with van der Waals surface area (Å²) in [6.07, 6.45) is 1.89. The average Bonchev–Trinajstić information content (AvgIpc) is 2.57. The fourth-order valence-electron chi connectivity index (χ4n) is 1.48. The van der Waals surface area contributed by atoms with Crippen LogP contribution in [-0.2, 0) is 4.79 Å². The fourth-order valence-corrected chi connectivity index (χ4v) is 3.23. The molecule has 1 aromatic rings. The second kappa shape index (κ2) is 5.49. The Labute approximate surface area is 124 Å². The number of nitrogens with zero attached hydrogens (tertiary/aromatic N) is 1. The lowest BCUT2D eigenvalue weighted by Gasteiger charge is -2.09. The molecule has 0 atom stereocenters. The predicted octanol–water partition coefficient (Wildman–Crippen LogP) is 3.51. The van der Waals surface area contributed by atoms with Crippen molar-refractivity contribution in [2.45, 2.75) is 6.92 Å². The van der Waals surface area contributed by atoms with Gasteiger partial charge in [-0.05, 0) is 53.3 Å². The number of carbonyl (C=O) groups excluding carboxylic acids is 1. The van der Waals surface area contributed by atoms with Crippen LogP contribution in [0.25, 0.3) is 6.08 Å². The quantitative estimate of drug-likeness (QED) is 0.448. The first kappa shape index (κ1) is 13.0. The van der Waals surface area contributed by atoms with Gasteiger partial charge in [0.1, 0.15) is 4.32 Å². The van der Waals surface area contributed by atoms with Crippen LogP contribution in [-0.4, -0.2) is 21.7 Å². The van der Waals surface area contributed by atoms with Gasteiger partial charge in [0.2, 0.25) is 0 Å². The van der Waals surface area contributed by atoms with Gasteiger partial charge < -0.3 is 0 Å². The van der Waals surface area contributed by atoms with E-state index >= 15 is 0 Å². The Kier molecular flexibility index (Phi) is 4.22. The second-order valence-electron chi connectivity index (χ2n) is 3.48. The molecule has 0 radical (unpaired) electrons. The lowest BCUT2D eigenvalue weighted by Crippen LogP contribution is -2.27. The van der Waals surface area contributed by atoms with Crippen LogP contribution in [0.2, 0.25) is 0 Å². The van der Waals surface area contributed by atoms with Gasteiger partial charge in [-0.3, -0.25) is 9.69 Å². The van der Waals surface area contributed by atoms with Gasteiger partial charge in [-0.1, -0.05) is 36.1 Å². The number of thiocarbonyl (C=S) groups is 1. The molecule has 0 N–H and O–H groups in total. The van der Waals surface area contributed by atoms with E-state index in [-0.39, 0.29) is 5.91 Å². The zero-order valence-corrected chi connectivity index (χ0v) is 12.9. The predicted molar refractivity (Wildman–Crippen MR) is 84.7 cm³/mol. The first-order chi connectivity index (χ1) is 8.11. The molecule has 88 valence electrons. The molecule has 0 saturated carbocycles. The van der Waals surface area contributed by atoms with Crippen LogP contribution in [0.1, 0.15) is 12.5 Å². The van der Waals surface area contributed by atoms with Crippen LogP contribution in [0.4, 0.5) is 0 Å². The Balaban J connectivity index is 2.27. The minimum absolute atomic E-state index is 0.0149. The summed E-state index contributed by atoms with van der Waals surface area (Å²) in [6, 6.07) is 8.04. The number of thioether (sulfide) groups is 1. The third kappa shape index (κ3) is 2.89. The summed E-state index contributed by atoms with van der Waals surface area (Å²) in [4.78, 5) is 14.3. The molecule has 17 heavy (non-hydrogen) atoms. The Bertz CT molecular complexity index is 496. The van der Waals surface area contributed by atoms with Crippen molar-refractivity contribution in [3.63, 3.8) is 0 Å². The number of carbonyl (C=O) groups is 1. The summed E-state index contributed by atoms with van der Waals surface area (Å²) in [5.41, 5.74) is 1.03. The van der Waals surface area contributed by atoms with Crippen LogP contribution < -0.4 is 0 Å². The highest BCUT2D eigenvalue weighted by molar-refractivity contribution is 14.1. The van der Waals surface area contributed by atoms with Crippen molar-refractivity contribution in [3.8, 4) is 0 Å². The van der Waals surface area contributed by atoms with Crippen molar-refractivity contribution in [2.75, 3.05) is 6.54 Å². The van der Waals surface area contributed by atoms with Crippen molar-refractivity contribution in [3.05, 3.63) is 38.3 Å². The van der Waals surface area contributed by atoms with E-state index in [4.69, 9.17) is 12.2 Å². The summed E-state index contributed by atoms with van der Waals surface area (Å²) in [5, 5.41) is 0. The molecule has 0 aliphatic carbocycles. The number of halogens is 1. The van der Waals surface area contributed by atoms with E-state index in [1.54, 1.807) is 4.90 Å². The Hall–Kier alpha value is -0.400. The molecule has 1 amide bonds. The molecule has 1 fully saturated rings. The summed E-state index contributed by atoms with van der Waals surface area (Å²) in [5.74, 6) is 0.0149. The van der Waals surface area contributed by atoms with Crippen LogP contribution >= 0.6 is 46.6 Å². The number of likely N-dealkylation sites (N-methyl/N-ethyl adjacent to an activating group) is 1. The zero-order valence-electron chi connectivity index (χ0n) is 9.14. The largest absolute Gasteiger partial charge is 0.293 e. The van der Waals surface area contributed by atoms with E-state index < -0.39 is 0 Å². The van der Waals surface area contributed by atoms with E-state index in [2.05, 4.69) is 22.6 Å². The van der Waals surface area contributed by atoms with Crippen molar-refractivity contribution >= 4 is 62.9 Å².